The summed E-state index contributed by atoms with van der Waals surface area (Å²) >= 11 is 1.46. The van der Waals surface area contributed by atoms with Crippen molar-refractivity contribution in [1.29, 1.82) is 0 Å². The van der Waals surface area contributed by atoms with Gasteiger partial charge in [-0.3, -0.25) is 9.20 Å². The van der Waals surface area contributed by atoms with Crippen molar-refractivity contribution in [3.05, 3.63) is 70.7 Å². The number of aromatic nitrogens is 2. The highest BCUT2D eigenvalue weighted by Gasteiger charge is 2.19. The molecule has 5 heteroatoms. The minimum atomic E-state index is -0.823. The van der Waals surface area contributed by atoms with E-state index in [1.807, 2.05) is 40.9 Å². The number of carboxylic acid groups (broad SMARTS) is 1. The van der Waals surface area contributed by atoms with Crippen LogP contribution in [0.4, 0.5) is 0 Å². The molecule has 0 radical (unpaired) electrons. The number of imidazole rings is 1. The molecule has 1 N–H and O–H groups in total. The van der Waals surface area contributed by atoms with Gasteiger partial charge >= 0.3 is 5.97 Å². The van der Waals surface area contributed by atoms with Gasteiger partial charge in [-0.1, -0.05) is 42.5 Å². The predicted octanol–water partition coefficient (Wildman–Crippen LogP) is 5.24. The quantitative estimate of drug-likeness (QED) is 0.520. The Hall–Kier alpha value is -2.92. The highest BCUT2D eigenvalue weighted by Crippen LogP contribution is 2.35. The Morgan fingerprint density at radius 2 is 1.82 bits per heavy atom. The van der Waals surface area contributed by atoms with Gasteiger partial charge in [0.25, 0.3) is 0 Å². The van der Waals surface area contributed by atoms with Crippen LogP contribution < -0.4 is 0 Å². The number of benzene rings is 2. The summed E-state index contributed by atoms with van der Waals surface area (Å²) in [5, 5.41) is 9.32. The number of fused-ring (bicyclic) bond motifs is 2. The van der Waals surface area contributed by atoms with Crippen molar-refractivity contribution in [2.45, 2.75) is 32.1 Å². The minimum absolute atomic E-state index is 0.00638. The molecule has 4 nitrogen and oxygen atoms in total. The summed E-state index contributed by atoms with van der Waals surface area (Å²) in [5.41, 5.74) is 6.92. The number of nitrogens with zero attached hydrogens (tertiary/aromatic N) is 2. The number of hydrogen-bond acceptors (Lipinski definition) is 3. The van der Waals surface area contributed by atoms with Gasteiger partial charge in [0, 0.05) is 16.6 Å². The smallest absolute Gasteiger partial charge is 0.308 e. The van der Waals surface area contributed by atoms with E-state index in [4.69, 9.17) is 4.98 Å². The molecule has 0 saturated heterocycles. The summed E-state index contributed by atoms with van der Waals surface area (Å²) in [6.07, 6.45) is 6.90. The molecule has 0 bridgehead atoms. The molecule has 140 valence electrons. The van der Waals surface area contributed by atoms with Crippen molar-refractivity contribution in [2.24, 2.45) is 0 Å². The lowest BCUT2D eigenvalue weighted by atomic mass is 9.90. The summed E-state index contributed by atoms with van der Waals surface area (Å²) in [7, 11) is 0. The SMILES string of the molecule is O=C(O)Cc1sc2nc(-c3ccc4c(c3)CCCC4)cn2c1-c1ccccc1. The van der Waals surface area contributed by atoms with Gasteiger partial charge < -0.3 is 5.11 Å². The Morgan fingerprint density at radius 3 is 2.61 bits per heavy atom. The van der Waals surface area contributed by atoms with Gasteiger partial charge in [-0.05, 0) is 48.4 Å². The molecule has 0 amide bonds. The van der Waals surface area contributed by atoms with Gasteiger partial charge in [-0.25, -0.2) is 4.98 Å². The van der Waals surface area contributed by atoms with Crippen LogP contribution in [0.15, 0.2) is 54.7 Å². The third-order valence-electron chi connectivity index (χ3n) is 5.40. The third kappa shape index (κ3) is 3.02. The second kappa shape index (κ2) is 6.91. The first-order valence-electron chi connectivity index (χ1n) is 9.59. The minimum Gasteiger partial charge on any atom is -0.481 e. The number of aliphatic carboxylic acids is 1. The fourth-order valence-electron chi connectivity index (χ4n) is 4.07. The molecular weight excluding hydrogens is 368 g/mol. The largest absolute Gasteiger partial charge is 0.481 e. The second-order valence-electron chi connectivity index (χ2n) is 7.28. The Kier molecular flexibility index (Phi) is 4.24. The van der Waals surface area contributed by atoms with Crippen molar-refractivity contribution >= 4 is 22.3 Å². The van der Waals surface area contributed by atoms with Gasteiger partial charge in [0.15, 0.2) is 4.96 Å². The summed E-state index contributed by atoms with van der Waals surface area (Å²) in [6.45, 7) is 0. The lowest BCUT2D eigenvalue weighted by molar-refractivity contribution is -0.136. The van der Waals surface area contributed by atoms with E-state index in [9.17, 15) is 9.90 Å². The highest BCUT2D eigenvalue weighted by atomic mass is 32.1. The van der Waals surface area contributed by atoms with Crippen LogP contribution in [0.1, 0.15) is 28.8 Å². The highest BCUT2D eigenvalue weighted by molar-refractivity contribution is 7.17. The monoisotopic (exact) mass is 388 g/mol. The van der Waals surface area contributed by atoms with Crippen LogP contribution in [0, 0.1) is 0 Å². The van der Waals surface area contributed by atoms with E-state index in [0.717, 1.165) is 38.8 Å². The lowest BCUT2D eigenvalue weighted by Gasteiger charge is -2.16. The summed E-state index contributed by atoms with van der Waals surface area (Å²) in [5.74, 6) is -0.823. The molecule has 4 aromatic rings. The first-order valence-corrected chi connectivity index (χ1v) is 10.4. The van der Waals surface area contributed by atoms with Gasteiger partial charge in [0.2, 0.25) is 0 Å². The molecule has 0 aliphatic heterocycles. The third-order valence-corrected chi connectivity index (χ3v) is 6.45. The fourth-order valence-corrected chi connectivity index (χ4v) is 5.19. The molecular formula is C23H20N2O2S. The number of carbonyl (C=O) groups is 1. The molecule has 5 rings (SSSR count). The molecule has 0 atom stereocenters. The zero-order valence-corrected chi connectivity index (χ0v) is 16.2. The van der Waals surface area contributed by atoms with Crippen LogP contribution in [0.25, 0.3) is 27.5 Å². The Morgan fingerprint density at radius 1 is 1.04 bits per heavy atom. The Balaban J connectivity index is 1.64. The van der Waals surface area contributed by atoms with E-state index < -0.39 is 5.97 Å². The molecule has 1 aliphatic rings. The summed E-state index contributed by atoms with van der Waals surface area (Å²) in [6, 6.07) is 16.6. The van der Waals surface area contributed by atoms with Crippen LogP contribution in [-0.4, -0.2) is 20.5 Å². The van der Waals surface area contributed by atoms with E-state index >= 15 is 0 Å². The van der Waals surface area contributed by atoms with Crippen LogP contribution in [0.5, 0.6) is 0 Å². The first-order chi connectivity index (χ1) is 13.7. The maximum Gasteiger partial charge on any atom is 0.308 e. The fraction of sp³-hybridized carbons (Fsp3) is 0.217. The number of thiazole rings is 1. The van der Waals surface area contributed by atoms with Crippen molar-refractivity contribution < 1.29 is 9.90 Å². The predicted molar refractivity (Wildman–Crippen MR) is 112 cm³/mol. The van der Waals surface area contributed by atoms with Crippen molar-refractivity contribution in [3.63, 3.8) is 0 Å². The maximum atomic E-state index is 11.4. The summed E-state index contributed by atoms with van der Waals surface area (Å²) < 4.78 is 2.05. The normalized spacial score (nSPS) is 13.6. The average Bonchev–Trinajstić information content (AvgIpc) is 3.25. The zero-order chi connectivity index (χ0) is 19.1. The van der Waals surface area contributed by atoms with E-state index in [0.29, 0.717) is 0 Å². The van der Waals surface area contributed by atoms with Gasteiger partial charge in [0.1, 0.15) is 0 Å². The zero-order valence-electron chi connectivity index (χ0n) is 15.4. The average molecular weight is 388 g/mol. The van der Waals surface area contributed by atoms with Crippen molar-refractivity contribution in [3.8, 4) is 22.5 Å². The van der Waals surface area contributed by atoms with Crippen LogP contribution >= 0.6 is 11.3 Å². The van der Waals surface area contributed by atoms with Crippen molar-refractivity contribution in [2.75, 3.05) is 0 Å². The van der Waals surface area contributed by atoms with E-state index in [2.05, 4.69) is 18.2 Å². The second-order valence-corrected chi connectivity index (χ2v) is 8.34. The molecule has 2 aromatic carbocycles. The Bertz CT molecular complexity index is 1170. The van der Waals surface area contributed by atoms with Gasteiger partial charge in [-0.2, -0.15) is 0 Å². The number of aryl methyl sites for hydroxylation is 2. The standard InChI is InChI=1S/C23H20N2O2S/c26-21(27)13-20-22(16-7-2-1-3-8-16)25-14-19(24-23(25)28-20)18-11-10-15-6-4-5-9-17(15)12-18/h1-3,7-8,10-12,14H,4-6,9,13H2,(H,26,27). The molecule has 28 heavy (non-hydrogen) atoms. The number of rotatable bonds is 4. The van der Waals surface area contributed by atoms with Crippen LogP contribution in [0.2, 0.25) is 0 Å². The number of hydrogen-bond donors (Lipinski definition) is 1. The maximum absolute atomic E-state index is 11.4. The molecule has 2 heterocycles. The molecule has 2 aromatic heterocycles. The molecule has 0 spiro atoms. The topological polar surface area (TPSA) is 54.6 Å². The van der Waals surface area contributed by atoms with Gasteiger partial charge in [-0.15, -0.1) is 11.3 Å². The van der Waals surface area contributed by atoms with Crippen LogP contribution in [-0.2, 0) is 24.1 Å². The number of carboxylic acids is 1. The first kappa shape index (κ1) is 17.2. The molecule has 0 unspecified atom stereocenters. The van der Waals surface area contributed by atoms with Crippen molar-refractivity contribution in [1.82, 2.24) is 9.38 Å². The lowest BCUT2D eigenvalue weighted by Crippen LogP contribution is -2.02. The molecule has 0 saturated carbocycles. The van der Waals surface area contributed by atoms with Gasteiger partial charge in [0.05, 0.1) is 17.8 Å². The van der Waals surface area contributed by atoms with E-state index in [-0.39, 0.29) is 6.42 Å². The summed E-state index contributed by atoms with van der Waals surface area (Å²) in [4.78, 5) is 17.9. The van der Waals surface area contributed by atoms with Crippen LogP contribution in [0.3, 0.4) is 0 Å². The van der Waals surface area contributed by atoms with E-state index in [1.165, 1.54) is 41.7 Å². The molecule has 1 aliphatic carbocycles. The molecule has 0 fully saturated rings. The van der Waals surface area contributed by atoms with E-state index in [1.54, 1.807) is 0 Å². The Labute approximate surface area is 167 Å².